The van der Waals surface area contributed by atoms with Gasteiger partial charge in [0.25, 0.3) is 5.91 Å². The van der Waals surface area contributed by atoms with E-state index in [1.165, 1.54) is 12.1 Å². The summed E-state index contributed by atoms with van der Waals surface area (Å²) in [5.74, 6) is -0.148. The van der Waals surface area contributed by atoms with E-state index in [0.717, 1.165) is 0 Å². The van der Waals surface area contributed by atoms with E-state index in [1.54, 1.807) is 31.4 Å². The first-order valence-electron chi connectivity index (χ1n) is 8.28. The van der Waals surface area contributed by atoms with E-state index >= 15 is 0 Å². The summed E-state index contributed by atoms with van der Waals surface area (Å²) in [6.45, 7) is 0.555. The smallest absolute Gasteiger partial charge is 0.262 e. The molecule has 0 saturated carbocycles. The molecule has 0 aliphatic carbocycles. The highest BCUT2D eigenvalue weighted by Gasteiger charge is 2.17. The minimum absolute atomic E-state index is 0.0579. The number of hydrogen-bond acceptors (Lipinski definition) is 7. The summed E-state index contributed by atoms with van der Waals surface area (Å²) in [6.07, 6.45) is 0.673. The van der Waals surface area contributed by atoms with Crippen LogP contribution in [0.4, 0.5) is 5.69 Å². The van der Waals surface area contributed by atoms with Crippen molar-refractivity contribution in [3.63, 3.8) is 0 Å². The predicted octanol–water partition coefficient (Wildman–Crippen LogP) is 1.24. The molecule has 1 aliphatic heterocycles. The summed E-state index contributed by atoms with van der Waals surface area (Å²) in [6, 6.07) is 9.42. The van der Waals surface area contributed by atoms with Crippen molar-refractivity contribution in [2.24, 2.45) is 0 Å². The predicted molar refractivity (Wildman–Crippen MR) is 93.5 cm³/mol. The zero-order valence-corrected chi connectivity index (χ0v) is 14.7. The number of benzene rings is 2. The van der Waals surface area contributed by atoms with E-state index in [9.17, 15) is 14.7 Å². The van der Waals surface area contributed by atoms with Crippen LogP contribution < -0.4 is 29.4 Å². The average Bonchev–Trinajstić information content (AvgIpc) is 2.91. The van der Waals surface area contributed by atoms with Crippen LogP contribution in [0.15, 0.2) is 36.4 Å². The van der Waals surface area contributed by atoms with Crippen LogP contribution in [-0.4, -0.2) is 38.8 Å². The highest BCUT2D eigenvalue weighted by molar-refractivity contribution is 6.01. The molecule has 0 unspecified atom stereocenters. The fraction of sp³-hybridized carbons (Fsp3) is 0.263. The van der Waals surface area contributed by atoms with Crippen LogP contribution in [0.25, 0.3) is 0 Å². The average molecular weight is 372 g/mol. The molecule has 0 atom stereocenters. The summed E-state index contributed by atoms with van der Waals surface area (Å²) >= 11 is 0. The highest BCUT2D eigenvalue weighted by Crippen LogP contribution is 2.35. The van der Waals surface area contributed by atoms with Crippen LogP contribution in [0.3, 0.4) is 0 Å². The Bertz CT molecular complexity index is 833. The zero-order chi connectivity index (χ0) is 19.2. The molecule has 1 N–H and O–H groups in total. The fourth-order valence-electron chi connectivity index (χ4n) is 2.49. The first-order chi connectivity index (χ1) is 13.1. The topological polar surface area (TPSA) is 106 Å². The van der Waals surface area contributed by atoms with Gasteiger partial charge in [-0.1, -0.05) is 0 Å². The Kier molecular flexibility index (Phi) is 5.65. The molecule has 8 nitrogen and oxygen atoms in total. The number of ether oxygens (including phenoxy) is 4. The van der Waals surface area contributed by atoms with Crippen molar-refractivity contribution < 1.29 is 33.6 Å². The first kappa shape index (κ1) is 18.4. The molecule has 0 bridgehead atoms. The lowest BCUT2D eigenvalue weighted by Crippen LogP contribution is -2.26. The molecule has 1 amide bonds. The van der Waals surface area contributed by atoms with Crippen LogP contribution in [0.1, 0.15) is 16.8 Å². The largest absolute Gasteiger partial charge is 0.545 e. The second kappa shape index (κ2) is 8.31. The third-order valence-corrected chi connectivity index (χ3v) is 3.81. The molecule has 0 fully saturated rings. The van der Waals surface area contributed by atoms with Crippen molar-refractivity contribution in [3.05, 3.63) is 42.0 Å². The van der Waals surface area contributed by atoms with Gasteiger partial charge in [0.2, 0.25) is 0 Å². The van der Waals surface area contributed by atoms with Crippen LogP contribution in [0.2, 0.25) is 0 Å². The first-order valence-corrected chi connectivity index (χ1v) is 8.28. The maximum atomic E-state index is 12.2. The van der Waals surface area contributed by atoms with Crippen molar-refractivity contribution in [2.75, 3.05) is 32.2 Å². The number of nitrogens with one attached hydrogen (secondary N) is 1. The van der Waals surface area contributed by atoms with Gasteiger partial charge in [-0.3, -0.25) is 4.79 Å². The molecule has 3 rings (SSSR count). The molecule has 0 saturated heterocycles. The summed E-state index contributed by atoms with van der Waals surface area (Å²) in [5, 5.41) is 13.9. The molecule has 27 heavy (non-hydrogen) atoms. The minimum atomic E-state index is -1.43. The van der Waals surface area contributed by atoms with Crippen molar-refractivity contribution in [1.82, 2.24) is 0 Å². The molecule has 2 aromatic rings. The van der Waals surface area contributed by atoms with E-state index in [0.29, 0.717) is 42.6 Å². The van der Waals surface area contributed by atoms with Crippen LogP contribution in [0.5, 0.6) is 23.0 Å². The molecule has 0 spiro atoms. The lowest BCUT2D eigenvalue weighted by molar-refractivity contribution is -0.254. The number of carboxylic acids is 1. The van der Waals surface area contributed by atoms with Crippen LogP contribution >= 0.6 is 0 Å². The molecule has 142 valence electrons. The highest BCUT2D eigenvalue weighted by atomic mass is 16.5. The van der Waals surface area contributed by atoms with E-state index in [1.807, 2.05) is 0 Å². The van der Waals surface area contributed by atoms with Crippen molar-refractivity contribution in [3.8, 4) is 23.0 Å². The maximum absolute atomic E-state index is 12.2. The van der Waals surface area contributed by atoms with Gasteiger partial charge in [0.15, 0.2) is 18.1 Å². The molecule has 1 heterocycles. The van der Waals surface area contributed by atoms with E-state index < -0.39 is 11.9 Å². The number of hydrogen-bond donors (Lipinski definition) is 1. The zero-order valence-electron chi connectivity index (χ0n) is 14.7. The van der Waals surface area contributed by atoms with E-state index in [4.69, 9.17) is 18.9 Å². The molecule has 0 radical (unpaired) electrons. The summed E-state index contributed by atoms with van der Waals surface area (Å²) < 4.78 is 21.4. The van der Waals surface area contributed by atoms with Gasteiger partial charge in [0.05, 0.1) is 32.0 Å². The Morgan fingerprint density at radius 1 is 1.07 bits per heavy atom. The summed E-state index contributed by atoms with van der Waals surface area (Å²) in [4.78, 5) is 23.6. The van der Waals surface area contributed by atoms with Crippen LogP contribution in [0, 0.1) is 0 Å². The molecule has 0 aromatic heterocycles. The van der Waals surface area contributed by atoms with Gasteiger partial charge in [-0.15, -0.1) is 0 Å². The number of carboxylic acid groups (broad SMARTS) is 1. The number of amides is 1. The van der Waals surface area contributed by atoms with Gasteiger partial charge in [0, 0.05) is 18.1 Å². The Hall–Kier alpha value is -3.42. The second-order valence-corrected chi connectivity index (χ2v) is 5.69. The SMILES string of the molecule is COc1ccc(OCC(=O)Nc2cc3c(cc2C(=O)[O-])OCCCO3)cc1. The number of aromatic carboxylic acids is 1. The number of carbonyl (C=O) groups is 2. The lowest BCUT2D eigenvalue weighted by atomic mass is 10.1. The van der Waals surface area contributed by atoms with Crippen LogP contribution in [-0.2, 0) is 4.79 Å². The minimum Gasteiger partial charge on any atom is -0.545 e. The number of carbonyl (C=O) groups excluding carboxylic acids is 2. The summed E-state index contributed by atoms with van der Waals surface area (Å²) in [5.41, 5.74) is -0.139. The quantitative estimate of drug-likeness (QED) is 0.813. The van der Waals surface area contributed by atoms with Gasteiger partial charge in [-0.2, -0.15) is 0 Å². The Balaban J connectivity index is 1.70. The van der Waals surface area contributed by atoms with Crippen molar-refractivity contribution in [2.45, 2.75) is 6.42 Å². The molecular weight excluding hydrogens is 354 g/mol. The van der Waals surface area contributed by atoms with E-state index in [-0.39, 0.29) is 17.9 Å². The standard InChI is InChI=1S/C19H19NO7/c1-24-12-3-5-13(6-4-12)27-11-18(21)20-15-10-17-16(9-14(15)19(22)23)25-7-2-8-26-17/h3-6,9-10H,2,7-8,11H2,1H3,(H,20,21)(H,22,23)/p-1. The molecule has 8 heteroatoms. The monoisotopic (exact) mass is 372 g/mol. The molecule has 1 aliphatic rings. The Morgan fingerprint density at radius 2 is 1.70 bits per heavy atom. The van der Waals surface area contributed by atoms with Gasteiger partial charge in [-0.25, -0.2) is 0 Å². The van der Waals surface area contributed by atoms with Gasteiger partial charge in [0.1, 0.15) is 11.5 Å². The maximum Gasteiger partial charge on any atom is 0.262 e. The van der Waals surface area contributed by atoms with E-state index in [2.05, 4.69) is 5.32 Å². The number of fused-ring (bicyclic) bond motifs is 1. The summed E-state index contributed by atoms with van der Waals surface area (Å²) in [7, 11) is 1.55. The van der Waals surface area contributed by atoms with Gasteiger partial charge in [-0.05, 0) is 30.3 Å². The van der Waals surface area contributed by atoms with Crippen molar-refractivity contribution >= 4 is 17.6 Å². The molecule has 2 aromatic carbocycles. The number of rotatable bonds is 6. The fourth-order valence-corrected chi connectivity index (χ4v) is 2.49. The molecular formula is C19H18NO7-. The van der Waals surface area contributed by atoms with Crippen molar-refractivity contribution in [1.29, 1.82) is 0 Å². The number of anilines is 1. The Morgan fingerprint density at radius 3 is 2.33 bits per heavy atom. The Labute approximate surface area is 155 Å². The normalized spacial score (nSPS) is 12.6. The second-order valence-electron chi connectivity index (χ2n) is 5.69. The number of methoxy groups -OCH3 is 1. The third kappa shape index (κ3) is 4.60. The third-order valence-electron chi connectivity index (χ3n) is 3.81. The lowest BCUT2D eigenvalue weighted by Gasteiger charge is -2.16. The van der Waals surface area contributed by atoms with Gasteiger partial charge < -0.3 is 34.2 Å². The van der Waals surface area contributed by atoms with Gasteiger partial charge >= 0.3 is 0 Å².